The zero-order valence-electron chi connectivity index (χ0n) is 21.2. The van der Waals surface area contributed by atoms with Gasteiger partial charge in [0, 0.05) is 0 Å². The van der Waals surface area contributed by atoms with Gasteiger partial charge in [0.25, 0.3) is 0 Å². The summed E-state index contributed by atoms with van der Waals surface area (Å²) in [4.78, 5) is 58.3. The molecule has 0 radical (unpaired) electrons. The second-order valence-corrected chi connectivity index (χ2v) is 1.75. The maximum atomic E-state index is 8.33. The number of hydrogen-bond acceptors (Lipinski definition) is 28. The third-order valence-corrected chi connectivity index (χ3v) is 0. The maximum absolute atomic E-state index is 8.33. The van der Waals surface area contributed by atoms with E-state index in [-0.39, 0.29) is 218 Å². The second-order valence-electron chi connectivity index (χ2n) is 1.75. The Morgan fingerprint density at radius 2 is 0.227 bits per heavy atom. The SMILES string of the molecule is O=C([O-])[O-].O=C([O-])[O-].O=C([O-])[O-].O=C([O-])[O-].O=C([O-])[O-].O=C([O-])[O-].O=C([O-])[O-].[Al+3].[Al+3].[Al+3].[Mg+2].[Mg+2].[Mg+2].[OH-].[OH-].[OH-].[OH-].[OH-].[OH-].[OH-].[Zn+2].[Zn+2].[Zn+2]. The maximum Gasteiger partial charge on any atom is 3.00 e. The number of rotatable bonds is 0. The molecule has 0 aromatic heterocycles. The number of carboxylic acid groups (broad SMARTS) is 14. The Balaban J connectivity index is -0.00000000525. The van der Waals surface area contributed by atoms with Crippen molar-refractivity contribution in [1.82, 2.24) is 0 Å². The van der Waals surface area contributed by atoms with E-state index in [9.17, 15) is 0 Å². The smallest absolute Gasteiger partial charge is 0.870 e. The molecule has 0 atom stereocenters. The van der Waals surface area contributed by atoms with Gasteiger partial charge in [-0.25, -0.2) is 0 Å². The van der Waals surface area contributed by atoms with Crippen LogP contribution >= 0.6 is 0 Å². The van der Waals surface area contributed by atoms with Gasteiger partial charge in [-0.2, -0.15) is 0 Å². The van der Waals surface area contributed by atoms with E-state index in [0.29, 0.717) is 0 Å². The van der Waals surface area contributed by atoms with Gasteiger partial charge in [-0.15, -0.1) is 0 Å². The van der Waals surface area contributed by atoms with Gasteiger partial charge in [-0.05, 0) is 43.1 Å². The van der Waals surface area contributed by atoms with Gasteiger partial charge in [0.15, 0.2) is 0 Å². The summed E-state index contributed by atoms with van der Waals surface area (Å²) in [7, 11) is 0. The van der Waals surface area contributed by atoms with Crippen molar-refractivity contribution >= 4 is 164 Å². The topological polar surface area (TPSA) is 652 Å². The fourth-order valence-corrected chi connectivity index (χ4v) is 0. The zero-order chi connectivity index (χ0) is 25.0. The molecule has 0 amide bonds. The Labute approximate surface area is 362 Å². The van der Waals surface area contributed by atoms with E-state index in [1.807, 2.05) is 0 Å². The molecule has 0 aromatic carbocycles. The molecule has 0 fully saturated rings. The second kappa shape index (κ2) is 170. The van der Waals surface area contributed by atoms with Gasteiger partial charge in [0.05, 0.1) is 0 Å². The van der Waals surface area contributed by atoms with Crippen LogP contribution in [-0.4, -0.2) is 203 Å². The Morgan fingerprint density at radius 1 is 0.227 bits per heavy atom. The fourth-order valence-electron chi connectivity index (χ4n) is 0. The Morgan fingerprint density at radius 3 is 0.227 bits per heavy atom. The molecule has 28 nitrogen and oxygen atoms in total. The number of carbonyl (C=O) groups excluding carboxylic acids is 7. The summed E-state index contributed by atoms with van der Waals surface area (Å²) in [5.74, 6) is 0. The molecule has 0 unspecified atom stereocenters. The first-order valence-electron chi connectivity index (χ1n) is 4.29. The van der Waals surface area contributed by atoms with Gasteiger partial charge < -0.3 is 143 Å². The van der Waals surface area contributed by atoms with Crippen LogP contribution in [0.3, 0.4) is 0 Å². The molecule has 37 heteroatoms. The molecule has 0 aliphatic heterocycles. The van der Waals surface area contributed by atoms with Crippen LogP contribution in [0.5, 0.6) is 0 Å². The molecular weight excluding hydrogens is 882 g/mol. The first kappa shape index (κ1) is 183. The number of hydrogen-bond donors (Lipinski definition) is 0. The van der Waals surface area contributed by atoms with Crippen molar-refractivity contribution in [1.29, 1.82) is 0 Å². The third-order valence-electron chi connectivity index (χ3n) is 0. The molecule has 0 aromatic rings. The normalized spacial score (nSPS) is 3.82. The Bertz CT molecular complexity index is 351. The minimum absolute atomic E-state index is 0. The summed E-state index contributed by atoms with van der Waals surface area (Å²) in [6.07, 6.45) is -16.3. The average molecular weight is 889 g/mol. The molecule has 0 spiro atoms. The van der Waals surface area contributed by atoms with Crippen LogP contribution in [0.2, 0.25) is 0 Å². The van der Waals surface area contributed by atoms with Gasteiger partial charge in [-0.1, -0.05) is 0 Å². The van der Waals surface area contributed by atoms with Gasteiger partial charge in [-0.3, -0.25) is 0 Å². The molecule has 44 heavy (non-hydrogen) atoms. The fraction of sp³-hybridized carbons (Fsp3) is 0. The van der Waals surface area contributed by atoms with Crippen LogP contribution in [-0.2, 0) is 58.4 Å². The van der Waals surface area contributed by atoms with E-state index in [1.54, 1.807) is 0 Å². The van der Waals surface area contributed by atoms with Crippen LogP contribution in [0.25, 0.3) is 0 Å². The molecule has 0 bridgehead atoms. The van der Waals surface area contributed by atoms with Gasteiger partial charge in [0.1, 0.15) is 0 Å². The summed E-state index contributed by atoms with van der Waals surface area (Å²) >= 11 is 0. The predicted octanol–water partition coefficient (Wildman–Crippen LogP) is -20.7. The van der Waals surface area contributed by atoms with E-state index in [1.165, 1.54) is 0 Å². The molecule has 0 heterocycles. The Kier molecular flexibility index (Phi) is 708. The molecule has 0 saturated heterocycles. The first-order chi connectivity index (χ1) is 12.1. The predicted molar refractivity (Wildman–Crippen MR) is 85.8 cm³/mol. The van der Waals surface area contributed by atoms with Crippen molar-refractivity contribution in [2.75, 3.05) is 0 Å². The van der Waals surface area contributed by atoms with Crippen LogP contribution < -0.4 is 71.5 Å². The molecule has 7 N–H and O–H groups in total. The minimum Gasteiger partial charge on any atom is -0.870 e. The molecule has 224 valence electrons. The van der Waals surface area contributed by atoms with Crippen molar-refractivity contribution in [2.24, 2.45) is 0 Å². The van der Waals surface area contributed by atoms with E-state index < -0.39 is 43.1 Å². The standard InChI is InChI=1S/7CH2O3.3Al.3Mg.7H2O.3Zn/c7*2-1(3)4;;;;;;;;;;;;;;;;/h7*(H2,2,3,4);;;;;;;7*1H2;;;/q;;;;;;;3*+3;3*+2;;;;;;;;3*+2/p-21. The largest absolute Gasteiger partial charge is 3.00 e. The van der Waals surface area contributed by atoms with E-state index in [0.717, 1.165) is 0 Å². The molecule has 0 aliphatic rings. The average Bonchev–Trinajstić information content (AvgIpc) is 2.20. The molecule has 0 rings (SSSR count). The molecule has 0 aliphatic carbocycles. The summed E-state index contributed by atoms with van der Waals surface area (Å²) in [5.41, 5.74) is 0. The van der Waals surface area contributed by atoms with Crippen LogP contribution in [0.4, 0.5) is 33.6 Å². The molecule has 0 saturated carbocycles. The number of carbonyl (C=O) groups is 7. The van der Waals surface area contributed by atoms with Crippen molar-refractivity contribution < 1.29 is 202 Å². The summed E-state index contributed by atoms with van der Waals surface area (Å²) in [6.45, 7) is 0. The molecular formula is C7H7Al3Mg3O28Zn3. The van der Waals surface area contributed by atoms with E-state index in [4.69, 9.17) is 105 Å². The van der Waals surface area contributed by atoms with Crippen LogP contribution in [0.1, 0.15) is 0 Å². The monoisotopic (exact) mass is 884 g/mol. The summed E-state index contributed by atoms with van der Waals surface area (Å²) in [5, 5.41) is 117. The first-order valence-corrected chi connectivity index (χ1v) is 4.29. The summed E-state index contributed by atoms with van der Waals surface area (Å²) in [6, 6.07) is 0. The van der Waals surface area contributed by atoms with Gasteiger partial charge >= 0.3 is 180 Å². The van der Waals surface area contributed by atoms with Crippen molar-refractivity contribution in [3.8, 4) is 0 Å². The van der Waals surface area contributed by atoms with E-state index in [2.05, 4.69) is 0 Å². The minimum atomic E-state index is -2.33. The summed E-state index contributed by atoms with van der Waals surface area (Å²) < 4.78 is 0. The van der Waals surface area contributed by atoms with Crippen LogP contribution in [0, 0.1) is 0 Å². The Hall–Kier alpha value is 0.376. The van der Waals surface area contributed by atoms with Gasteiger partial charge in [0.2, 0.25) is 0 Å². The van der Waals surface area contributed by atoms with Crippen LogP contribution in [0.15, 0.2) is 0 Å². The third kappa shape index (κ3) is 513000. The van der Waals surface area contributed by atoms with Crippen molar-refractivity contribution in [3.05, 3.63) is 0 Å². The van der Waals surface area contributed by atoms with Crippen molar-refractivity contribution in [2.45, 2.75) is 0 Å². The zero-order valence-corrected chi connectivity index (χ0v) is 37.8. The van der Waals surface area contributed by atoms with Crippen molar-refractivity contribution in [3.63, 3.8) is 0 Å². The van der Waals surface area contributed by atoms with E-state index >= 15 is 0 Å². The quantitative estimate of drug-likeness (QED) is 0.204.